The van der Waals surface area contributed by atoms with Gasteiger partial charge in [0.05, 0.1) is 18.3 Å². The third kappa shape index (κ3) is 6.85. The molecule has 0 aromatic carbocycles. The zero-order valence-electron chi connectivity index (χ0n) is 13.7. The van der Waals surface area contributed by atoms with Crippen LogP contribution in [0.25, 0.3) is 0 Å². The number of aromatic nitrogens is 1. The molecule has 0 aliphatic carbocycles. The molecule has 1 aromatic heterocycles. The molecular formula is C10H17N2O13P3. The molecule has 0 radical (unpaired) electrons. The Balaban J connectivity index is 1.94. The maximum atomic E-state index is 11.7. The van der Waals surface area contributed by atoms with Gasteiger partial charge in [-0.25, -0.2) is 13.7 Å². The van der Waals surface area contributed by atoms with Crippen molar-refractivity contribution in [1.82, 2.24) is 4.57 Å². The van der Waals surface area contributed by atoms with Gasteiger partial charge in [-0.2, -0.15) is 8.62 Å². The number of rotatable bonds is 9. The SMILES string of the molecule is NC(=O)c1ccn([C@H]2C[C@H](O)[C@@H](COP(=O)(O)OP(=O)(O)OP(=O)(O)O)O2)c1. The Morgan fingerprint density at radius 3 is 2.39 bits per heavy atom. The van der Waals surface area contributed by atoms with E-state index in [0.717, 1.165) is 0 Å². The summed E-state index contributed by atoms with van der Waals surface area (Å²) in [6.07, 6.45) is -0.284. The normalized spacial score (nSPS) is 27.2. The lowest BCUT2D eigenvalue weighted by atomic mass is 10.2. The van der Waals surface area contributed by atoms with Gasteiger partial charge >= 0.3 is 23.5 Å². The van der Waals surface area contributed by atoms with E-state index in [9.17, 15) is 28.5 Å². The standard InChI is InChI=1S/C10H17N2O13P3/c11-10(14)6-1-2-12(4-6)9-3-7(13)8(23-9)5-22-27(18,19)25-28(20,21)24-26(15,16)17/h1-2,4,7-9,13H,3,5H2,(H2,11,14)(H,18,19)(H,20,21)(H2,15,16,17)/t7-,8+,9+/m0/s1. The van der Waals surface area contributed by atoms with Gasteiger partial charge in [0.2, 0.25) is 5.91 Å². The topological polar surface area (TPSA) is 237 Å². The van der Waals surface area contributed by atoms with E-state index in [4.69, 9.17) is 25.2 Å². The van der Waals surface area contributed by atoms with Crippen LogP contribution < -0.4 is 5.73 Å². The van der Waals surface area contributed by atoms with Gasteiger partial charge in [-0.3, -0.25) is 9.32 Å². The minimum Gasteiger partial charge on any atom is -0.390 e. The van der Waals surface area contributed by atoms with Gasteiger partial charge in [0, 0.05) is 18.8 Å². The highest BCUT2D eigenvalue weighted by Crippen LogP contribution is 2.66. The van der Waals surface area contributed by atoms with Crippen molar-refractivity contribution in [3.8, 4) is 0 Å². The van der Waals surface area contributed by atoms with Gasteiger partial charge in [0.25, 0.3) is 0 Å². The predicted molar refractivity (Wildman–Crippen MR) is 87.3 cm³/mol. The van der Waals surface area contributed by atoms with Crippen LogP contribution in [-0.2, 0) is 31.6 Å². The van der Waals surface area contributed by atoms with Crippen molar-refractivity contribution in [2.75, 3.05) is 6.61 Å². The number of nitrogens with zero attached hydrogens (tertiary/aromatic N) is 1. The third-order valence-corrected chi connectivity index (χ3v) is 7.16. The Kier molecular flexibility index (Phi) is 7.04. The Labute approximate surface area is 157 Å². The molecule has 18 heteroatoms. The molecule has 2 rings (SSSR count). The number of ether oxygens (including phenoxy) is 1. The van der Waals surface area contributed by atoms with E-state index in [-0.39, 0.29) is 12.0 Å². The molecule has 5 atom stereocenters. The van der Waals surface area contributed by atoms with Crippen LogP contribution in [0.2, 0.25) is 0 Å². The number of aliphatic hydroxyl groups excluding tert-OH is 1. The Hall–Kier alpha value is -0.920. The van der Waals surface area contributed by atoms with Crippen molar-refractivity contribution >= 4 is 29.4 Å². The average molecular weight is 466 g/mol. The molecule has 1 fully saturated rings. The van der Waals surface area contributed by atoms with Crippen LogP contribution in [-0.4, -0.2) is 54.0 Å². The van der Waals surface area contributed by atoms with Crippen LogP contribution >= 0.6 is 23.5 Å². The van der Waals surface area contributed by atoms with Crippen molar-refractivity contribution in [2.45, 2.75) is 24.9 Å². The van der Waals surface area contributed by atoms with E-state index in [1.165, 1.54) is 23.0 Å². The van der Waals surface area contributed by atoms with E-state index in [1.54, 1.807) is 0 Å². The highest BCUT2D eigenvalue weighted by molar-refractivity contribution is 7.66. The fourth-order valence-corrected chi connectivity index (χ4v) is 5.29. The summed E-state index contributed by atoms with van der Waals surface area (Å²) in [6.45, 7) is -0.786. The number of hydrogen-bond acceptors (Lipinski definition) is 9. The Morgan fingerprint density at radius 1 is 1.21 bits per heavy atom. The maximum absolute atomic E-state index is 11.7. The molecule has 1 aliphatic heterocycles. The first-order chi connectivity index (χ1) is 12.7. The summed E-state index contributed by atoms with van der Waals surface area (Å²) >= 11 is 0. The number of nitrogens with two attached hydrogens (primary N) is 1. The molecule has 7 N–H and O–H groups in total. The summed E-state index contributed by atoms with van der Waals surface area (Å²) in [5.74, 6) is -0.679. The first-order valence-electron chi connectivity index (χ1n) is 7.27. The fourth-order valence-electron chi connectivity index (χ4n) is 2.26. The highest BCUT2D eigenvalue weighted by atomic mass is 31.3. The minimum absolute atomic E-state index is 0.0112. The van der Waals surface area contributed by atoms with Crippen LogP contribution in [0, 0.1) is 0 Å². The fraction of sp³-hybridized carbons (Fsp3) is 0.500. The summed E-state index contributed by atoms with van der Waals surface area (Å²) < 4.78 is 51.8. The molecule has 2 unspecified atom stereocenters. The second-order valence-electron chi connectivity index (χ2n) is 5.53. The van der Waals surface area contributed by atoms with Crippen molar-refractivity contribution in [3.63, 3.8) is 0 Å². The number of hydrogen-bond donors (Lipinski definition) is 6. The summed E-state index contributed by atoms with van der Waals surface area (Å²) in [5, 5.41) is 9.96. The molecule has 160 valence electrons. The number of primary amides is 1. The number of carbonyl (C=O) groups is 1. The molecular weight excluding hydrogens is 449 g/mol. The van der Waals surface area contributed by atoms with Crippen molar-refractivity contribution in [3.05, 3.63) is 24.0 Å². The molecule has 1 aromatic rings. The molecule has 2 heterocycles. The minimum atomic E-state index is -5.63. The lowest BCUT2D eigenvalue weighted by Gasteiger charge is -2.19. The summed E-state index contributed by atoms with van der Waals surface area (Å²) in [7, 11) is -16.4. The van der Waals surface area contributed by atoms with Gasteiger partial charge in [-0.1, -0.05) is 0 Å². The van der Waals surface area contributed by atoms with E-state index in [2.05, 4.69) is 13.1 Å². The predicted octanol–water partition coefficient (Wildman–Crippen LogP) is -0.421. The maximum Gasteiger partial charge on any atom is 0.490 e. The number of phosphoric acid groups is 3. The first kappa shape index (κ1) is 23.4. The lowest BCUT2D eigenvalue weighted by Crippen LogP contribution is -2.26. The Bertz CT molecular complexity index is 865. The number of amides is 1. The second kappa shape index (κ2) is 8.44. The summed E-state index contributed by atoms with van der Waals surface area (Å²) in [6, 6.07) is 1.41. The van der Waals surface area contributed by atoms with Gasteiger partial charge < -0.3 is 39.7 Å². The Morgan fingerprint density at radius 2 is 1.86 bits per heavy atom. The molecule has 0 saturated carbocycles. The lowest BCUT2D eigenvalue weighted by molar-refractivity contribution is -0.0433. The van der Waals surface area contributed by atoms with E-state index < -0.39 is 54.4 Å². The van der Waals surface area contributed by atoms with Crippen molar-refractivity contribution < 1.29 is 61.1 Å². The zero-order valence-corrected chi connectivity index (χ0v) is 16.4. The van der Waals surface area contributed by atoms with Crippen LogP contribution in [0.4, 0.5) is 0 Å². The molecule has 0 spiro atoms. The van der Waals surface area contributed by atoms with Crippen molar-refractivity contribution in [1.29, 1.82) is 0 Å². The average Bonchev–Trinajstić information content (AvgIpc) is 3.07. The highest BCUT2D eigenvalue weighted by Gasteiger charge is 2.42. The molecule has 1 amide bonds. The van der Waals surface area contributed by atoms with Crippen LogP contribution in [0.5, 0.6) is 0 Å². The van der Waals surface area contributed by atoms with Gasteiger partial charge in [-0.15, -0.1) is 0 Å². The number of aliphatic hydroxyl groups is 1. The second-order valence-corrected chi connectivity index (χ2v) is 9.95. The van der Waals surface area contributed by atoms with E-state index in [1.807, 2.05) is 0 Å². The number of carbonyl (C=O) groups excluding carboxylic acids is 1. The van der Waals surface area contributed by atoms with Gasteiger partial charge in [-0.05, 0) is 6.07 Å². The summed E-state index contributed by atoms with van der Waals surface area (Å²) in [4.78, 5) is 46.4. The molecule has 1 aliphatic rings. The molecule has 0 bridgehead atoms. The first-order valence-corrected chi connectivity index (χ1v) is 11.8. The largest absolute Gasteiger partial charge is 0.490 e. The smallest absolute Gasteiger partial charge is 0.390 e. The van der Waals surface area contributed by atoms with Crippen molar-refractivity contribution in [2.24, 2.45) is 5.73 Å². The van der Waals surface area contributed by atoms with Crippen LogP contribution in [0.3, 0.4) is 0 Å². The van der Waals surface area contributed by atoms with Crippen LogP contribution in [0.1, 0.15) is 23.0 Å². The van der Waals surface area contributed by atoms with Gasteiger partial charge in [0.1, 0.15) is 12.3 Å². The van der Waals surface area contributed by atoms with Gasteiger partial charge in [0.15, 0.2) is 0 Å². The number of phosphoric ester groups is 1. The molecule has 1 saturated heterocycles. The quantitative estimate of drug-likeness (QED) is 0.254. The van der Waals surface area contributed by atoms with Crippen LogP contribution in [0.15, 0.2) is 18.5 Å². The monoisotopic (exact) mass is 466 g/mol. The summed E-state index contributed by atoms with van der Waals surface area (Å²) in [5.41, 5.74) is 5.32. The third-order valence-electron chi connectivity index (χ3n) is 3.35. The van der Waals surface area contributed by atoms with E-state index >= 15 is 0 Å². The molecule has 28 heavy (non-hydrogen) atoms. The van der Waals surface area contributed by atoms with E-state index in [0.29, 0.717) is 0 Å². The molecule has 15 nitrogen and oxygen atoms in total. The zero-order chi connectivity index (χ0) is 21.3.